The van der Waals surface area contributed by atoms with Gasteiger partial charge in [-0.1, -0.05) is 12.6 Å². The summed E-state index contributed by atoms with van der Waals surface area (Å²) >= 11 is 0. The molecule has 0 bridgehead atoms. The number of benzene rings is 1. The van der Waals surface area contributed by atoms with Crippen molar-refractivity contribution in [3.63, 3.8) is 0 Å². The number of alkyl halides is 2. The van der Waals surface area contributed by atoms with E-state index < -0.39 is 42.5 Å². The smallest absolute Gasteiger partial charge is 0.270 e. The summed E-state index contributed by atoms with van der Waals surface area (Å²) in [6, 6.07) is 1.38. The number of hydrogen-bond acceptors (Lipinski definition) is 2. The summed E-state index contributed by atoms with van der Waals surface area (Å²) in [7, 11) is 0. The number of carbonyl (C=O) groups excluding carboxylic acids is 1. The van der Waals surface area contributed by atoms with E-state index in [0.717, 1.165) is 23.1 Å². The van der Waals surface area contributed by atoms with Crippen molar-refractivity contribution in [2.75, 3.05) is 13.2 Å². The number of rotatable bonds is 4. The molecule has 0 aliphatic carbocycles. The molecule has 1 heterocycles. The maximum atomic E-state index is 14.3. The van der Waals surface area contributed by atoms with E-state index in [1.165, 1.54) is 0 Å². The van der Waals surface area contributed by atoms with Crippen LogP contribution in [0.3, 0.4) is 0 Å². The summed E-state index contributed by atoms with van der Waals surface area (Å²) in [5.41, 5.74) is -0.0393. The topological polar surface area (TPSA) is 29.5 Å². The van der Waals surface area contributed by atoms with Crippen molar-refractivity contribution >= 4 is 5.91 Å². The predicted molar refractivity (Wildman–Crippen MR) is 75.9 cm³/mol. The molecule has 0 aromatic heterocycles. The standard InChI is InChI=1S/C16H17F4NO2/c1-2-15(22)21(10-11-3-4-12(17)9-13(11)18)14-5-7-23-8-6-16(14,19)20/h2-4,9,14H,1,5-8,10H2. The monoisotopic (exact) mass is 331 g/mol. The Morgan fingerprint density at radius 3 is 2.78 bits per heavy atom. The molecule has 1 fully saturated rings. The van der Waals surface area contributed by atoms with Crippen LogP contribution in [0.5, 0.6) is 0 Å². The number of nitrogens with zero attached hydrogens (tertiary/aromatic N) is 1. The van der Waals surface area contributed by atoms with Gasteiger partial charge in [0.25, 0.3) is 5.92 Å². The minimum atomic E-state index is -3.16. The lowest BCUT2D eigenvalue weighted by Gasteiger charge is -2.35. The van der Waals surface area contributed by atoms with Crippen molar-refractivity contribution in [3.05, 3.63) is 48.1 Å². The number of amides is 1. The van der Waals surface area contributed by atoms with E-state index in [0.29, 0.717) is 6.07 Å². The Bertz CT molecular complexity index is 591. The van der Waals surface area contributed by atoms with Gasteiger partial charge in [0.15, 0.2) is 0 Å². The van der Waals surface area contributed by atoms with Gasteiger partial charge in [-0.2, -0.15) is 0 Å². The highest BCUT2D eigenvalue weighted by Gasteiger charge is 2.45. The Kier molecular flexibility index (Phi) is 5.41. The van der Waals surface area contributed by atoms with Gasteiger partial charge in [-0.05, 0) is 18.6 Å². The van der Waals surface area contributed by atoms with Gasteiger partial charge in [0.2, 0.25) is 5.91 Å². The quantitative estimate of drug-likeness (QED) is 0.626. The maximum absolute atomic E-state index is 14.3. The minimum absolute atomic E-state index is 0.0393. The van der Waals surface area contributed by atoms with Crippen LogP contribution in [0.4, 0.5) is 17.6 Å². The summed E-state index contributed by atoms with van der Waals surface area (Å²) in [4.78, 5) is 12.9. The van der Waals surface area contributed by atoms with Gasteiger partial charge >= 0.3 is 0 Å². The molecule has 1 amide bonds. The van der Waals surface area contributed by atoms with Gasteiger partial charge in [0.1, 0.15) is 11.6 Å². The molecule has 1 aliphatic rings. The lowest BCUT2D eigenvalue weighted by Crippen LogP contribution is -2.49. The third kappa shape index (κ3) is 4.10. The molecule has 7 heteroatoms. The van der Waals surface area contributed by atoms with E-state index in [1.807, 2.05) is 0 Å². The van der Waals surface area contributed by atoms with Crippen molar-refractivity contribution < 1.29 is 27.1 Å². The normalized spacial score (nSPS) is 20.6. The van der Waals surface area contributed by atoms with Crippen molar-refractivity contribution in [3.8, 4) is 0 Å². The molecule has 0 spiro atoms. The first-order valence-electron chi connectivity index (χ1n) is 7.17. The van der Waals surface area contributed by atoms with E-state index in [4.69, 9.17) is 4.74 Å². The Morgan fingerprint density at radius 2 is 2.13 bits per heavy atom. The average molecular weight is 331 g/mol. The Morgan fingerprint density at radius 1 is 1.39 bits per heavy atom. The molecule has 1 unspecified atom stereocenters. The highest BCUT2D eigenvalue weighted by Crippen LogP contribution is 2.33. The second-order valence-electron chi connectivity index (χ2n) is 5.33. The number of hydrogen-bond donors (Lipinski definition) is 0. The first kappa shape index (κ1) is 17.5. The number of carbonyl (C=O) groups is 1. The van der Waals surface area contributed by atoms with Crippen LogP contribution in [0.2, 0.25) is 0 Å². The molecule has 1 saturated heterocycles. The largest absolute Gasteiger partial charge is 0.381 e. The Labute approximate surface area is 131 Å². The number of ether oxygens (including phenoxy) is 1. The molecule has 1 aliphatic heterocycles. The second kappa shape index (κ2) is 7.12. The summed E-state index contributed by atoms with van der Waals surface area (Å²) < 4.78 is 60.4. The second-order valence-corrected chi connectivity index (χ2v) is 5.33. The lowest BCUT2D eigenvalue weighted by molar-refractivity contribution is -0.142. The summed E-state index contributed by atoms with van der Waals surface area (Å²) in [6.45, 7) is 2.88. The summed E-state index contributed by atoms with van der Waals surface area (Å²) in [5, 5.41) is 0. The van der Waals surface area contributed by atoms with Crippen LogP contribution in [0.1, 0.15) is 18.4 Å². The van der Waals surface area contributed by atoms with E-state index in [1.54, 1.807) is 0 Å². The molecular weight excluding hydrogens is 314 g/mol. The first-order chi connectivity index (χ1) is 10.8. The van der Waals surface area contributed by atoms with Crippen LogP contribution >= 0.6 is 0 Å². The molecule has 0 radical (unpaired) electrons. The van der Waals surface area contributed by atoms with Gasteiger partial charge in [-0.15, -0.1) is 0 Å². The van der Waals surface area contributed by atoms with Crippen molar-refractivity contribution in [1.29, 1.82) is 0 Å². The Hall–Kier alpha value is -1.89. The molecule has 1 aromatic rings. The van der Waals surface area contributed by atoms with Crippen molar-refractivity contribution in [2.24, 2.45) is 0 Å². The molecule has 1 atom stereocenters. The van der Waals surface area contributed by atoms with E-state index in [2.05, 4.69) is 6.58 Å². The van der Waals surface area contributed by atoms with Crippen LogP contribution in [-0.4, -0.2) is 36.0 Å². The highest BCUT2D eigenvalue weighted by atomic mass is 19.3. The summed E-state index contributed by atoms with van der Waals surface area (Å²) in [6.07, 6.45) is 0.309. The van der Waals surface area contributed by atoms with Gasteiger partial charge in [0.05, 0.1) is 12.6 Å². The Balaban J connectivity index is 2.32. The van der Waals surface area contributed by atoms with Gasteiger partial charge < -0.3 is 9.64 Å². The molecule has 23 heavy (non-hydrogen) atoms. The van der Waals surface area contributed by atoms with Crippen LogP contribution in [0, 0.1) is 11.6 Å². The molecular formula is C16H17F4NO2. The third-order valence-corrected chi connectivity index (χ3v) is 3.79. The molecule has 0 saturated carbocycles. The van der Waals surface area contributed by atoms with Gasteiger partial charge in [-0.25, -0.2) is 17.6 Å². The summed E-state index contributed by atoms with van der Waals surface area (Å²) in [5.74, 6) is -5.56. The zero-order valence-corrected chi connectivity index (χ0v) is 12.4. The lowest BCUT2D eigenvalue weighted by atomic mass is 10.0. The fourth-order valence-electron chi connectivity index (χ4n) is 2.56. The van der Waals surface area contributed by atoms with E-state index in [-0.39, 0.29) is 25.2 Å². The first-order valence-corrected chi connectivity index (χ1v) is 7.17. The fraction of sp³-hybridized carbons (Fsp3) is 0.438. The fourth-order valence-corrected chi connectivity index (χ4v) is 2.56. The van der Waals surface area contributed by atoms with E-state index >= 15 is 0 Å². The predicted octanol–water partition coefficient (Wildman–Crippen LogP) is 3.29. The third-order valence-electron chi connectivity index (χ3n) is 3.79. The van der Waals surface area contributed by atoms with Crippen molar-refractivity contribution in [1.82, 2.24) is 4.90 Å². The maximum Gasteiger partial charge on any atom is 0.270 e. The number of halogens is 4. The highest BCUT2D eigenvalue weighted by molar-refractivity contribution is 5.87. The van der Waals surface area contributed by atoms with Crippen LogP contribution in [-0.2, 0) is 16.1 Å². The van der Waals surface area contributed by atoms with Gasteiger partial charge in [0, 0.05) is 31.2 Å². The SMILES string of the molecule is C=CC(=O)N(Cc1ccc(F)cc1F)C1CCOCCC1(F)F. The zero-order chi connectivity index (χ0) is 17.0. The average Bonchev–Trinajstić information content (AvgIpc) is 2.66. The van der Waals surface area contributed by atoms with Gasteiger partial charge in [-0.3, -0.25) is 4.79 Å². The molecule has 2 rings (SSSR count). The van der Waals surface area contributed by atoms with Crippen LogP contribution in [0.25, 0.3) is 0 Å². The van der Waals surface area contributed by atoms with Crippen LogP contribution in [0.15, 0.2) is 30.9 Å². The van der Waals surface area contributed by atoms with Crippen LogP contribution < -0.4 is 0 Å². The molecule has 1 aromatic carbocycles. The van der Waals surface area contributed by atoms with E-state index in [9.17, 15) is 22.4 Å². The molecule has 126 valence electrons. The molecule has 3 nitrogen and oxygen atoms in total. The molecule has 0 N–H and O–H groups in total. The zero-order valence-electron chi connectivity index (χ0n) is 12.4. The van der Waals surface area contributed by atoms with Crippen molar-refractivity contribution in [2.45, 2.75) is 31.4 Å². The minimum Gasteiger partial charge on any atom is -0.381 e.